The minimum absolute atomic E-state index is 0.0399. The summed E-state index contributed by atoms with van der Waals surface area (Å²) in [7, 11) is 0. The first-order chi connectivity index (χ1) is 9.47. The second-order valence-corrected chi connectivity index (χ2v) is 6.25. The summed E-state index contributed by atoms with van der Waals surface area (Å²) in [5.41, 5.74) is 6.74. The highest BCUT2D eigenvalue weighted by atomic mass is 32.1. The minimum atomic E-state index is -0.593. The van der Waals surface area contributed by atoms with Gasteiger partial charge >= 0.3 is 0 Å². The van der Waals surface area contributed by atoms with Crippen LogP contribution in [0.3, 0.4) is 0 Å². The third kappa shape index (κ3) is 4.01. The smallest absolute Gasteiger partial charge is 0.245 e. The average Bonchev–Trinajstić information content (AvgIpc) is 3.16. The van der Waals surface area contributed by atoms with Crippen LogP contribution in [0, 0.1) is 5.92 Å². The van der Waals surface area contributed by atoms with E-state index in [-0.39, 0.29) is 24.3 Å². The fourth-order valence-corrected chi connectivity index (χ4v) is 2.47. The molecule has 0 radical (unpaired) electrons. The molecule has 20 heavy (non-hydrogen) atoms. The molecule has 7 heteroatoms. The molecule has 0 saturated heterocycles. The molecule has 1 aromatic rings. The van der Waals surface area contributed by atoms with E-state index in [2.05, 4.69) is 15.6 Å². The molecule has 1 aliphatic carbocycles. The molecule has 110 valence electrons. The first kappa shape index (κ1) is 14.9. The van der Waals surface area contributed by atoms with Crippen molar-refractivity contribution in [2.24, 2.45) is 11.7 Å². The number of hydrogen-bond acceptors (Lipinski definition) is 5. The zero-order valence-corrected chi connectivity index (χ0v) is 12.5. The molecular formula is C13H20N4O2S. The largest absolute Gasteiger partial charge is 0.346 e. The van der Waals surface area contributed by atoms with E-state index >= 15 is 0 Å². The van der Waals surface area contributed by atoms with E-state index in [0.29, 0.717) is 11.0 Å². The van der Waals surface area contributed by atoms with Crippen molar-refractivity contribution in [3.05, 3.63) is 11.1 Å². The number of thiazole rings is 1. The number of nitrogens with zero attached hydrogens (tertiary/aromatic N) is 1. The van der Waals surface area contributed by atoms with Crippen LogP contribution >= 0.6 is 11.3 Å². The average molecular weight is 296 g/mol. The van der Waals surface area contributed by atoms with Crippen molar-refractivity contribution in [3.63, 3.8) is 0 Å². The van der Waals surface area contributed by atoms with E-state index in [4.69, 9.17) is 5.73 Å². The minimum Gasteiger partial charge on any atom is -0.346 e. The Morgan fingerprint density at radius 3 is 2.80 bits per heavy atom. The summed E-state index contributed by atoms with van der Waals surface area (Å²) in [6.45, 7) is 3.64. The number of carbonyl (C=O) groups excluding carboxylic acids is 2. The molecule has 2 rings (SSSR count). The van der Waals surface area contributed by atoms with Crippen molar-refractivity contribution in [2.45, 2.75) is 38.6 Å². The number of amides is 2. The first-order valence-electron chi connectivity index (χ1n) is 6.76. The van der Waals surface area contributed by atoms with E-state index in [0.717, 1.165) is 5.69 Å². The molecule has 1 heterocycles. The first-order valence-corrected chi connectivity index (χ1v) is 7.64. The predicted octanol–water partition coefficient (Wildman–Crippen LogP) is 1.06. The number of hydrogen-bond donors (Lipinski definition) is 3. The quantitative estimate of drug-likeness (QED) is 0.731. The number of nitrogens with two attached hydrogens (primary N) is 1. The molecule has 4 N–H and O–H groups in total. The molecular weight excluding hydrogens is 276 g/mol. The Morgan fingerprint density at radius 2 is 2.20 bits per heavy atom. The van der Waals surface area contributed by atoms with Gasteiger partial charge in [0.1, 0.15) is 0 Å². The fourth-order valence-electron chi connectivity index (χ4n) is 1.66. The molecule has 0 bridgehead atoms. The van der Waals surface area contributed by atoms with Crippen molar-refractivity contribution in [1.29, 1.82) is 0 Å². The van der Waals surface area contributed by atoms with Gasteiger partial charge in [0.25, 0.3) is 0 Å². The Bertz CT molecular complexity index is 496. The van der Waals surface area contributed by atoms with Gasteiger partial charge in [-0.25, -0.2) is 4.98 Å². The number of anilines is 1. The van der Waals surface area contributed by atoms with Crippen LogP contribution in [-0.2, 0) is 9.59 Å². The van der Waals surface area contributed by atoms with Crippen molar-refractivity contribution in [1.82, 2.24) is 10.3 Å². The third-order valence-electron chi connectivity index (χ3n) is 3.21. The molecule has 0 unspecified atom stereocenters. The van der Waals surface area contributed by atoms with E-state index in [1.54, 1.807) is 0 Å². The van der Waals surface area contributed by atoms with Gasteiger partial charge in [0.2, 0.25) is 11.8 Å². The van der Waals surface area contributed by atoms with Gasteiger partial charge in [0, 0.05) is 11.3 Å². The fraction of sp³-hybridized carbons (Fsp3) is 0.615. The predicted molar refractivity (Wildman–Crippen MR) is 78.5 cm³/mol. The van der Waals surface area contributed by atoms with Crippen molar-refractivity contribution >= 4 is 28.3 Å². The van der Waals surface area contributed by atoms with Crippen LogP contribution in [0.2, 0.25) is 0 Å². The summed E-state index contributed by atoms with van der Waals surface area (Å²) in [5, 5.41) is 7.76. The van der Waals surface area contributed by atoms with Crippen LogP contribution in [0.25, 0.3) is 0 Å². The zero-order chi connectivity index (χ0) is 14.7. The summed E-state index contributed by atoms with van der Waals surface area (Å²) in [6, 6.07) is -0.593. The van der Waals surface area contributed by atoms with Gasteiger partial charge in [-0.15, -0.1) is 11.3 Å². The summed E-state index contributed by atoms with van der Waals surface area (Å²) in [5.74, 6) is 0.0118. The Labute approximate surface area is 122 Å². The molecule has 1 aromatic heterocycles. The lowest BCUT2D eigenvalue weighted by Gasteiger charge is -2.14. The Morgan fingerprint density at radius 1 is 1.50 bits per heavy atom. The lowest BCUT2D eigenvalue weighted by molar-refractivity contribution is -0.125. The van der Waals surface area contributed by atoms with Gasteiger partial charge in [-0.2, -0.15) is 0 Å². The molecule has 6 nitrogen and oxygen atoms in total. The molecule has 2 amide bonds. The summed E-state index contributed by atoms with van der Waals surface area (Å²) in [6.07, 6.45) is 2.36. The summed E-state index contributed by atoms with van der Waals surface area (Å²) >= 11 is 1.41. The van der Waals surface area contributed by atoms with Crippen LogP contribution in [0.5, 0.6) is 0 Å². The summed E-state index contributed by atoms with van der Waals surface area (Å²) in [4.78, 5) is 27.7. The van der Waals surface area contributed by atoms with Gasteiger partial charge in [-0.3, -0.25) is 9.59 Å². The molecule has 0 spiro atoms. The highest BCUT2D eigenvalue weighted by molar-refractivity contribution is 7.13. The lowest BCUT2D eigenvalue weighted by Crippen LogP contribution is -2.46. The molecule has 1 aliphatic rings. The highest BCUT2D eigenvalue weighted by Gasteiger charge is 2.26. The monoisotopic (exact) mass is 296 g/mol. The standard InChI is InChI=1S/C13H20N4O2S/c1-7(2)11(14)12(19)15-5-10(18)17-13-16-9(6-20-13)8-3-4-8/h6-8,11H,3-5,14H2,1-2H3,(H,15,19)(H,16,17,18)/t11-/m0/s1. The Kier molecular flexibility index (Phi) is 4.72. The van der Waals surface area contributed by atoms with Gasteiger partial charge in [-0.1, -0.05) is 13.8 Å². The maximum atomic E-state index is 11.7. The number of rotatable bonds is 6. The molecule has 1 fully saturated rings. The number of carbonyl (C=O) groups is 2. The van der Waals surface area contributed by atoms with Crippen LogP contribution in [0.15, 0.2) is 5.38 Å². The van der Waals surface area contributed by atoms with Crippen LogP contribution < -0.4 is 16.4 Å². The normalized spacial score (nSPS) is 16.0. The molecule has 1 atom stereocenters. The number of aromatic nitrogens is 1. The van der Waals surface area contributed by atoms with Crippen LogP contribution in [0.4, 0.5) is 5.13 Å². The topological polar surface area (TPSA) is 97.1 Å². The van der Waals surface area contributed by atoms with E-state index in [1.165, 1.54) is 24.2 Å². The van der Waals surface area contributed by atoms with Crippen molar-refractivity contribution < 1.29 is 9.59 Å². The lowest BCUT2D eigenvalue weighted by atomic mass is 10.1. The second-order valence-electron chi connectivity index (χ2n) is 5.39. The maximum Gasteiger partial charge on any atom is 0.245 e. The molecule has 0 aliphatic heterocycles. The van der Waals surface area contributed by atoms with Crippen LogP contribution in [-0.4, -0.2) is 29.4 Å². The van der Waals surface area contributed by atoms with Crippen LogP contribution in [0.1, 0.15) is 38.3 Å². The zero-order valence-electron chi connectivity index (χ0n) is 11.7. The Balaban J connectivity index is 1.75. The van der Waals surface area contributed by atoms with Gasteiger partial charge < -0.3 is 16.4 Å². The maximum absolute atomic E-state index is 11.7. The third-order valence-corrected chi connectivity index (χ3v) is 3.98. The van der Waals surface area contributed by atoms with E-state index in [1.807, 2.05) is 19.2 Å². The molecule has 0 aromatic carbocycles. The van der Waals surface area contributed by atoms with E-state index in [9.17, 15) is 9.59 Å². The second kappa shape index (κ2) is 6.32. The number of nitrogens with one attached hydrogen (secondary N) is 2. The van der Waals surface area contributed by atoms with Crippen molar-refractivity contribution in [2.75, 3.05) is 11.9 Å². The summed E-state index contributed by atoms with van der Waals surface area (Å²) < 4.78 is 0. The SMILES string of the molecule is CC(C)[C@H](N)C(=O)NCC(=O)Nc1nc(C2CC2)cs1. The van der Waals surface area contributed by atoms with E-state index < -0.39 is 6.04 Å². The van der Waals surface area contributed by atoms with Gasteiger partial charge in [0.05, 0.1) is 18.3 Å². The van der Waals surface area contributed by atoms with Crippen molar-refractivity contribution in [3.8, 4) is 0 Å². The molecule has 1 saturated carbocycles. The van der Waals surface area contributed by atoms with Gasteiger partial charge in [0.15, 0.2) is 5.13 Å². The van der Waals surface area contributed by atoms with Gasteiger partial charge in [-0.05, 0) is 18.8 Å². The highest BCUT2D eigenvalue weighted by Crippen LogP contribution is 2.40. The Hall–Kier alpha value is -1.47.